The van der Waals surface area contributed by atoms with Gasteiger partial charge in [0, 0.05) is 6.20 Å². The average molecular weight is 296 g/mol. The molecule has 0 aliphatic heterocycles. The Bertz CT molecular complexity index is 827. The van der Waals surface area contributed by atoms with Gasteiger partial charge in [-0.15, -0.1) is 0 Å². The number of aryl methyl sites for hydroxylation is 1. The molecule has 0 radical (unpaired) electrons. The molecule has 0 saturated carbocycles. The lowest BCUT2D eigenvalue weighted by molar-refractivity contribution is 0.0728. The third kappa shape index (κ3) is 2.88. The van der Waals surface area contributed by atoms with Crippen LogP contribution in [0.1, 0.15) is 16.1 Å². The first-order chi connectivity index (χ1) is 10.6. The standard InChI is InChI=1S/C17H13FN2O2/c1-12-5-4-6-13(11-12)22-17(21)15-9-10-20(19-15)16-8-3-2-7-14(16)18/h2-11H,1H3. The molecular weight excluding hydrogens is 283 g/mol. The van der Waals surface area contributed by atoms with Crippen molar-refractivity contribution in [3.05, 3.63) is 77.9 Å². The average Bonchev–Trinajstić information content (AvgIpc) is 2.97. The fourth-order valence-electron chi connectivity index (χ4n) is 2.04. The lowest BCUT2D eigenvalue weighted by atomic mass is 10.2. The van der Waals surface area contributed by atoms with E-state index >= 15 is 0 Å². The zero-order valence-corrected chi connectivity index (χ0v) is 11.9. The van der Waals surface area contributed by atoms with E-state index in [1.54, 1.807) is 36.4 Å². The Morgan fingerprint density at radius 3 is 2.73 bits per heavy atom. The zero-order chi connectivity index (χ0) is 15.5. The Morgan fingerprint density at radius 1 is 1.14 bits per heavy atom. The number of rotatable bonds is 3. The largest absolute Gasteiger partial charge is 0.422 e. The van der Waals surface area contributed by atoms with E-state index < -0.39 is 11.8 Å². The molecule has 0 aliphatic rings. The second-order valence-corrected chi connectivity index (χ2v) is 4.80. The summed E-state index contributed by atoms with van der Waals surface area (Å²) in [6.07, 6.45) is 1.52. The molecule has 22 heavy (non-hydrogen) atoms. The van der Waals surface area contributed by atoms with Crippen LogP contribution in [0.2, 0.25) is 0 Å². The molecular formula is C17H13FN2O2. The van der Waals surface area contributed by atoms with E-state index in [2.05, 4.69) is 5.10 Å². The number of para-hydroxylation sites is 1. The van der Waals surface area contributed by atoms with Gasteiger partial charge >= 0.3 is 5.97 Å². The lowest BCUT2D eigenvalue weighted by Crippen LogP contribution is -2.10. The van der Waals surface area contributed by atoms with E-state index in [9.17, 15) is 9.18 Å². The highest BCUT2D eigenvalue weighted by Gasteiger charge is 2.14. The van der Waals surface area contributed by atoms with E-state index in [1.807, 2.05) is 13.0 Å². The third-order valence-electron chi connectivity index (χ3n) is 3.10. The van der Waals surface area contributed by atoms with E-state index in [0.717, 1.165) is 5.56 Å². The highest BCUT2D eigenvalue weighted by atomic mass is 19.1. The van der Waals surface area contributed by atoms with E-state index in [0.29, 0.717) is 5.75 Å². The molecule has 3 aromatic rings. The van der Waals surface area contributed by atoms with Gasteiger partial charge < -0.3 is 4.74 Å². The molecule has 0 spiro atoms. The second kappa shape index (κ2) is 5.81. The maximum Gasteiger partial charge on any atom is 0.364 e. The minimum Gasteiger partial charge on any atom is -0.422 e. The van der Waals surface area contributed by atoms with Crippen molar-refractivity contribution in [3.8, 4) is 11.4 Å². The molecule has 0 aliphatic carbocycles. The number of carbonyl (C=O) groups is 1. The number of hydrogen-bond acceptors (Lipinski definition) is 3. The summed E-state index contributed by atoms with van der Waals surface area (Å²) >= 11 is 0. The molecule has 0 amide bonds. The van der Waals surface area contributed by atoms with Crippen LogP contribution >= 0.6 is 0 Å². The Labute approximate surface area is 126 Å². The number of nitrogens with zero attached hydrogens (tertiary/aromatic N) is 2. The predicted molar refractivity (Wildman–Crippen MR) is 79.7 cm³/mol. The van der Waals surface area contributed by atoms with E-state index in [1.165, 1.54) is 23.0 Å². The van der Waals surface area contributed by atoms with Crippen molar-refractivity contribution >= 4 is 5.97 Å². The summed E-state index contributed by atoms with van der Waals surface area (Å²) in [5, 5.41) is 4.06. The van der Waals surface area contributed by atoms with Crippen molar-refractivity contribution in [2.75, 3.05) is 0 Å². The summed E-state index contributed by atoms with van der Waals surface area (Å²) in [6, 6.07) is 14.9. The fraction of sp³-hybridized carbons (Fsp3) is 0.0588. The number of hydrogen-bond donors (Lipinski definition) is 0. The van der Waals surface area contributed by atoms with Crippen molar-refractivity contribution < 1.29 is 13.9 Å². The van der Waals surface area contributed by atoms with Crippen molar-refractivity contribution in [3.63, 3.8) is 0 Å². The van der Waals surface area contributed by atoms with Gasteiger partial charge in [-0.25, -0.2) is 13.9 Å². The van der Waals surface area contributed by atoms with Gasteiger partial charge in [-0.3, -0.25) is 0 Å². The summed E-state index contributed by atoms with van der Waals surface area (Å²) in [4.78, 5) is 12.1. The Morgan fingerprint density at radius 2 is 1.95 bits per heavy atom. The van der Waals surface area contributed by atoms with Crippen LogP contribution in [0.25, 0.3) is 5.69 Å². The van der Waals surface area contributed by atoms with Crippen LogP contribution in [0.15, 0.2) is 60.8 Å². The molecule has 0 saturated heterocycles. The van der Waals surface area contributed by atoms with Gasteiger partial charge in [0.25, 0.3) is 0 Å². The molecule has 0 unspecified atom stereocenters. The molecule has 1 aromatic heterocycles. The SMILES string of the molecule is Cc1cccc(OC(=O)c2ccn(-c3ccccc3F)n2)c1. The van der Waals surface area contributed by atoms with Crippen molar-refractivity contribution in [2.24, 2.45) is 0 Å². The van der Waals surface area contributed by atoms with Crippen molar-refractivity contribution in [1.82, 2.24) is 9.78 Å². The van der Waals surface area contributed by atoms with Crippen molar-refractivity contribution in [2.45, 2.75) is 6.92 Å². The topological polar surface area (TPSA) is 44.1 Å². The molecule has 0 N–H and O–H groups in total. The van der Waals surface area contributed by atoms with Crippen molar-refractivity contribution in [1.29, 1.82) is 0 Å². The number of halogens is 1. The summed E-state index contributed by atoms with van der Waals surface area (Å²) in [7, 11) is 0. The van der Waals surface area contributed by atoms with Crippen LogP contribution in [0.3, 0.4) is 0 Å². The van der Waals surface area contributed by atoms with Gasteiger partial charge in [-0.2, -0.15) is 5.10 Å². The minimum absolute atomic E-state index is 0.116. The molecule has 0 atom stereocenters. The number of benzene rings is 2. The minimum atomic E-state index is -0.583. The van der Waals surface area contributed by atoms with Gasteiger partial charge in [0.1, 0.15) is 17.3 Å². The number of aromatic nitrogens is 2. The van der Waals surface area contributed by atoms with Crippen LogP contribution in [0, 0.1) is 12.7 Å². The van der Waals surface area contributed by atoms with E-state index in [4.69, 9.17) is 4.74 Å². The number of carbonyl (C=O) groups excluding carboxylic acids is 1. The first-order valence-corrected chi connectivity index (χ1v) is 6.73. The van der Waals surface area contributed by atoms with Crippen LogP contribution in [-0.2, 0) is 0 Å². The smallest absolute Gasteiger partial charge is 0.364 e. The van der Waals surface area contributed by atoms with Crippen LogP contribution in [-0.4, -0.2) is 15.7 Å². The molecule has 1 heterocycles. The molecule has 0 bridgehead atoms. The Balaban J connectivity index is 1.82. The summed E-state index contributed by atoms with van der Waals surface area (Å²) < 4.78 is 20.3. The molecule has 5 heteroatoms. The highest BCUT2D eigenvalue weighted by molar-refractivity contribution is 5.88. The van der Waals surface area contributed by atoms with Crippen LogP contribution in [0.4, 0.5) is 4.39 Å². The third-order valence-corrected chi connectivity index (χ3v) is 3.10. The predicted octanol–water partition coefficient (Wildman–Crippen LogP) is 3.54. The monoisotopic (exact) mass is 296 g/mol. The highest BCUT2D eigenvalue weighted by Crippen LogP contribution is 2.16. The molecule has 2 aromatic carbocycles. The second-order valence-electron chi connectivity index (χ2n) is 4.80. The summed E-state index contributed by atoms with van der Waals surface area (Å²) in [5.74, 6) is -0.546. The lowest BCUT2D eigenvalue weighted by Gasteiger charge is -2.04. The maximum atomic E-state index is 13.7. The van der Waals surface area contributed by atoms with Gasteiger partial charge in [0.2, 0.25) is 0 Å². The molecule has 4 nitrogen and oxygen atoms in total. The van der Waals surface area contributed by atoms with Crippen LogP contribution in [0.5, 0.6) is 5.75 Å². The number of ether oxygens (including phenoxy) is 1. The summed E-state index contributed by atoms with van der Waals surface area (Å²) in [5.41, 5.74) is 1.38. The Kier molecular flexibility index (Phi) is 3.70. The first-order valence-electron chi connectivity index (χ1n) is 6.73. The normalized spacial score (nSPS) is 10.5. The summed E-state index contributed by atoms with van der Waals surface area (Å²) in [6.45, 7) is 1.91. The molecule has 3 rings (SSSR count). The maximum absolute atomic E-state index is 13.7. The fourth-order valence-corrected chi connectivity index (χ4v) is 2.04. The van der Waals surface area contributed by atoms with E-state index in [-0.39, 0.29) is 11.4 Å². The molecule has 0 fully saturated rings. The van der Waals surface area contributed by atoms with Gasteiger partial charge in [-0.1, -0.05) is 24.3 Å². The zero-order valence-electron chi connectivity index (χ0n) is 11.9. The number of esters is 1. The Hall–Kier alpha value is -2.95. The van der Waals surface area contributed by atoms with Gasteiger partial charge in [0.15, 0.2) is 5.69 Å². The quantitative estimate of drug-likeness (QED) is 0.548. The van der Waals surface area contributed by atoms with Gasteiger partial charge in [0.05, 0.1) is 0 Å². The van der Waals surface area contributed by atoms with Gasteiger partial charge in [-0.05, 0) is 42.8 Å². The molecule has 110 valence electrons. The first kappa shape index (κ1) is 14.0. The van der Waals surface area contributed by atoms with Crippen LogP contribution < -0.4 is 4.74 Å².